The molecule has 5 nitrogen and oxygen atoms in total. The van der Waals surface area contributed by atoms with Gasteiger partial charge >= 0.3 is 0 Å². The lowest BCUT2D eigenvalue weighted by atomic mass is 9.94. The lowest BCUT2D eigenvalue weighted by Gasteiger charge is -2.34. The molecule has 0 spiro atoms. The van der Waals surface area contributed by atoms with Crippen molar-refractivity contribution in [1.82, 2.24) is 4.31 Å². The number of nitrogens with zero attached hydrogens (tertiary/aromatic N) is 1. The van der Waals surface area contributed by atoms with Crippen LogP contribution in [0.2, 0.25) is 0 Å². The molecule has 0 aromatic heterocycles. The van der Waals surface area contributed by atoms with Crippen LogP contribution in [0.25, 0.3) is 0 Å². The molecule has 30 heavy (non-hydrogen) atoms. The summed E-state index contributed by atoms with van der Waals surface area (Å²) in [5.41, 5.74) is 2.33. The number of nitrogens with one attached hydrogen (secondary N) is 1. The second-order valence-electron chi connectivity index (χ2n) is 8.64. The predicted octanol–water partition coefficient (Wildman–Crippen LogP) is 5.12. The van der Waals surface area contributed by atoms with Crippen LogP contribution in [0.5, 0.6) is 0 Å². The molecule has 1 heterocycles. The maximum absolute atomic E-state index is 13.0. The van der Waals surface area contributed by atoms with Gasteiger partial charge in [-0.1, -0.05) is 45.9 Å². The van der Waals surface area contributed by atoms with E-state index in [1.54, 1.807) is 16.4 Å². The molecule has 1 amide bonds. The number of amides is 1. The Hall–Kier alpha value is -2.18. The van der Waals surface area contributed by atoms with Gasteiger partial charge in [0.2, 0.25) is 10.0 Å². The molecule has 0 radical (unpaired) electrons. The quantitative estimate of drug-likeness (QED) is 0.694. The number of anilines is 1. The molecule has 0 bridgehead atoms. The minimum atomic E-state index is -3.55. The standard InChI is InChI=1S/C24H32N2O3S/c1-5-19(4)22-8-6-7-9-23(22)25-24(27)20-10-12-21(13-11-20)30(28,29)26-15-17(2)14-18(3)16-26/h6-13,17-19H,5,14-16H2,1-4H3,(H,25,27)/t17-,18+,19-/m1/s1. The van der Waals surface area contributed by atoms with E-state index in [0.29, 0.717) is 36.4 Å². The maximum Gasteiger partial charge on any atom is 0.255 e. The summed E-state index contributed by atoms with van der Waals surface area (Å²) in [4.78, 5) is 13.0. The van der Waals surface area contributed by atoms with Crippen molar-refractivity contribution in [2.24, 2.45) is 11.8 Å². The number of hydrogen-bond donors (Lipinski definition) is 1. The summed E-state index contributed by atoms with van der Waals surface area (Å²) in [6.07, 6.45) is 2.02. The van der Waals surface area contributed by atoms with Crippen molar-refractivity contribution in [3.05, 3.63) is 59.7 Å². The molecule has 0 unspecified atom stereocenters. The van der Waals surface area contributed by atoms with Crippen molar-refractivity contribution < 1.29 is 13.2 Å². The molecule has 0 saturated carbocycles. The number of rotatable bonds is 6. The van der Waals surface area contributed by atoms with E-state index in [2.05, 4.69) is 33.0 Å². The predicted molar refractivity (Wildman–Crippen MR) is 121 cm³/mol. The van der Waals surface area contributed by atoms with E-state index in [9.17, 15) is 13.2 Å². The summed E-state index contributed by atoms with van der Waals surface area (Å²) >= 11 is 0. The van der Waals surface area contributed by atoms with Crippen molar-refractivity contribution in [3.63, 3.8) is 0 Å². The number of carbonyl (C=O) groups excluding carboxylic acids is 1. The van der Waals surface area contributed by atoms with E-state index in [4.69, 9.17) is 0 Å². The Kier molecular flexibility index (Phi) is 6.98. The zero-order chi connectivity index (χ0) is 21.9. The summed E-state index contributed by atoms with van der Waals surface area (Å²) in [6, 6.07) is 14.0. The van der Waals surface area contributed by atoms with Crippen LogP contribution in [0.15, 0.2) is 53.4 Å². The molecule has 2 aromatic rings. The number of carbonyl (C=O) groups is 1. The van der Waals surface area contributed by atoms with Gasteiger partial charge in [-0.2, -0.15) is 4.31 Å². The first-order valence-electron chi connectivity index (χ1n) is 10.7. The molecule has 1 aliphatic rings. The lowest BCUT2D eigenvalue weighted by Crippen LogP contribution is -2.42. The van der Waals surface area contributed by atoms with Crippen LogP contribution in [-0.2, 0) is 10.0 Å². The van der Waals surface area contributed by atoms with Crippen LogP contribution in [0.4, 0.5) is 5.69 Å². The van der Waals surface area contributed by atoms with Gasteiger partial charge in [0.15, 0.2) is 0 Å². The van der Waals surface area contributed by atoms with Crippen LogP contribution < -0.4 is 5.32 Å². The highest BCUT2D eigenvalue weighted by molar-refractivity contribution is 7.89. The molecular weight excluding hydrogens is 396 g/mol. The van der Waals surface area contributed by atoms with Gasteiger partial charge in [-0.25, -0.2) is 8.42 Å². The van der Waals surface area contributed by atoms with Gasteiger partial charge in [0, 0.05) is 24.3 Å². The zero-order valence-corrected chi connectivity index (χ0v) is 19.1. The van der Waals surface area contributed by atoms with E-state index < -0.39 is 10.0 Å². The monoisotopic (exact) mass is 428 g/mol. The van der Waals surface area contributed by atoms with Crippen LogP contribution in [-0.4, -0.2) is 31.7 Å². The van der Waals surface area contributed by atoms with Gasteiger partial charge in [-0.05, 0) is 66.5 Å². The first-order valence-corrected chi connectivity index (χ1v) is 12.2. The second kappa shape index (κ2) is 9.31. The Balaban J connectivity index is 1.77. The van der Waals surface area contributed by atoms with Gasteiger partial charge in [0.25, 0.3) is 5.91 Å². The van der Waals surface area contributed by atoms with Crippen molar-refractivity contribution in [1.29, 1.82) is 0 Å². The Morgan fingerprint density at radius 1 is 1.07 bits per heavy atom. The van der Waals surface area contributed by atoms with E-state index in [0.717, 1.165) is 24.1 Å². The highest BCUT2D eigenvalue weighted by atomic mass is 32.2. The molecule has 1 aliphatic heterocycles. The molecule has 3 atom stereocenters. The highest BCUT2D eigenvalue weighted by Gasteiger charge is 2.31. The largest absolute Gasteiger partial charge is 0.322 e. The Morgan fingerprint density at radius 3 is 2.27 bits per heavy atom. The third-order valence-corrected chi connectivity index (χ3v) is 7.79. The van der Waals surface area contributed by atoms with E-state index in [1.165, 1.54) is 12.1 Å². The first-order chi connectivity index (χ1) is 14.2. The van der Waals surface area contributed by atoms with Crippen molar-refractivity contribution in [3.8, 4) is 0 Å². The van der Waals surface area contributed by atoms with Gasteiger partial charge in [0.1, 0.15) is 0 Å². The molecule has 1 fully saturated rings. The average molecular weight is 429 g/mol. The topological polar surface area (TPSA) is 66.5 Å². The van der Waals surface area contributed by atoms with Crippen LogP contribution in [0.1, 0.15) is 62.4 Å². The fraction of sp³-hybridized carbons (Fsp3) is 0.458. The van der Waals surface area contributed by atoms with Gasteiger partial charge in [-0.3, -0.25) is 4.79 Å². The third-order valence-electron chi connectivity index (χ3n) is 5.94. The molecule has 6 heteroatoms. The first kappa shape index (κ1) is 22.5. The summed E-state index contributed by atoms with van der Waals surface area (Å²) < 4.78 is 27.6. The maximum atomic E-state index is 13.0. The number of piperidine rings is 1. The van der Waals surface area contributed by atoms with Crippen molar-refractivity contribution >= 4 is 21.6 Å². The van der Waals surface area contributed by atoms with Crippen molar-refractivity contribution in [2.45, 2.75) is 51.3 Å². The van der Waals surface area contributed by atoms with Crippen LogP contribution in [0, 0.1) is 11.8 Å². The molecular formula is C24H32N2O3S. The summed E-state index contributed by atoms with van der Waals surface area (Å²) in [6.45, 7) is 9.51. The number of hydrogen-bond acceptors (Lipinski definition) is 3. The Morgan fingerprint density at radius 2 is 1.67 bits per heavy atom. The second-order valence-corrected chi connectivity index (χ2v) is 10.6. The van der Waals surface area contributed by atoms with Crippen molar-refractivity contribution in [2.75, 3.05) is 18.4 Å². The minimum absolute atomic E-state index is 0.236. The van der Waals surface area contributed by atoms with Gasteiger partial charge < -0.3 is 5.32 Å². The van der Waals surface area contributed by atoms with Crippen LogP contribution in [0.3, 0.4) is 0 Å². The Labute approximate surface area is 180 Å². The van der Waals surface area contributed by atoms with E-state index in [-0.39, 0.29) is 10.8 Å². The fourth-order valence-electron chi connectivity index (χ4n) is 4.18. The summed E-state index contributed by atoms with van der Waals surface area (Å²) in [7, 11) is -3.55. The van der Waals surface area contributed by atoms with Gasteiger partial charge in [0.05, 0.1) is 4.90 Å². The molecule has 1 saturated heterocycles. The number of para-hydroxylation sites is 1. The van der Waals surface area contributed by atoms with E-state index >= 15 is 0 Å². The summed E-state index contributed by atoms with van der Waals surface area (Å²) in [5, 5.41) is 2.98. The highest BCUT2D eigenvalue weighted by Crippen LogP contribution is 2.28. The molecule has 3 rings (SSSR count). The third kappa shape index (κ3) is 4.93. The number of benzene rings is 2. The van der Waals surface area contributed by atoms with Crippen LogP contribution >= 0.6 is 0 Å². The Bertz CT molecular complexity index is 976. The smallest absolute Gasteiger partial charge is 0.255 e. The lowest BCUT2D eigenvalue weighted by molar-refractivity contribution is 0.102. The average Bonchev–Trinajstić information content (AvgIpc) is 2.73. The molecule has 162 valence electrons. The van der Waals surface area contributed by atoms with Gasteiger partial charge in [-0.15, -0.1) is 0 Å². The summed E-state index contributed by atoms with van der Waals surface area (Å²) in [5.74, 6) is 0.788. The SMILES string of the molecule is CC[C@@H](C)c1ccccc1NC(=O)c1ccc(S(=O)(=O)N2C[C@H](C)C[C@H](C)C2)cc1. The minimum Gasteiger partial charge on any atom is -0.322 e. The normalized spacial score (nSPS) is 21.2. The molecule has 0 aliphatic carbocycles. The molecule has 1 N–H and O–H groups in total. The van der Waals surface area contributed by atoms with E-state index in [1.807, 2.05) is 24.3 Å². The number of sulfonamides is 1. The fourth-order valence-corrected chi connectivity index (χ4v) is 5.86. The zero-order valence-electron chi connectivity index (χ0n) is 18.3. The molecule has 2 aromatic carbocycles.